The molecule has 2 aromatic rings. The van der Waals surface area contributed by atoms with Gasteiger partial charge in [-0.25, -0.2) is 4.68 Å². The zero-order chi connectivity index (χ0) is 14.9. The maximum atomic E-state index is 4.65. The van der Waals surface area contributed by atoms with Gasteiger partial charge in [0.15, 0.2) is 0 Å². The van der Waals surface area contributed by atoms with Crippen molar-refractivity contribution in [2.45, 2.75) is 54.1 Å². The van der Waals surface area contributed by atoms with Gasteiger partial charge in [-0.05, 0) is 50.5 Å². The fourth-order valence-corrected chi connectivity index (χ4v) is 2.34. The molecule has 0 radical (unpaired) electrons. The number of aromatic nitrogens is 2. The van der Waals surface area contributed by atoms with Crippen LogP contribution in [0.2, 0.25) is 0 Å². The van der Waals surface area contributed by atoms with Gasteiger partial charge in [-0.15, -0.1) is 0 Å². The smallest absolute Gasteiger partial charge is 0.0678 e. The lowest BCUT2D eigenvalue weighted by Crippen LogP contribution is -2.21. The molecule has 0 spiro atoms. The predicted octanol–water partition coefficient (Wildman–Crippen LogP) is 3.60. The second kappa shape index (κ2) is 5.80. The van der Waals surface area contributed by atoms with E-state index < -0.39 is 0 Å². The number of hydrogen-bond acceptors (Lipinski definition) is 2. The molecule has 0 saturated carbocycles. The lowest BCUT2D eigenvalue weighted by atomic mass is 10.1. The van der Waals surface area contributed by atoms with Crippen LogP contribution in [0.15, 0.2) is 18.2 Å². The van der Waals surface area contributed by atoms with Crippen molar-refractivity contribution >= 4 is 0 Å². The summed E-state index contributed by atoms with van der Waals surface area (Å²) < 4.78 is 2.06. The van der Waals surface area contributed by atoms with E-state index in [2.05, 4.69) is 74.8 Å². The van der Waals surface area contributed by atoms with E-state index in [-0.39, 0.29) is 0 Å². The first-order valence-electron chi connectivity index (χ1n) is 7.26. The van der Waals surface area contributed by atoms with Crippen molar-refractivity contribution in [3.05, 3.63) is 46.3 Å². The number of aryl methyl sites for hydroxylation is 2. The van der Waals surface area contributed by atoms with Crippen molar-refractivity contribution < 1.29 is 0 Å². The SMILES string of the molecule is Cc1cc(CNC(C)C)ccc1-n1nc(C)c(C)c1C. The van der Waals surface area contributed by atoms with Gasteiger partial charge in [-0.1, -0.05) is 26.0 Å². The first-order chi connectivity index (χ1) is 9.40. The van der Waals surface area contributed by atoms with Crippen LogP contribution < -0.4 is 5.32 Å². The van der Waals surface area contributed by atoms with E-state index in [9.17, 15) is 0 Å². The van der Waals surface area contributed by atoms with E-state index >= 15 is 0 Å². The van der Waals surface area contributed by atoms with Gasteiger partial charge in [-0.3, -0.25) is 0 Å². The Labute approximate surface area is 122 Å². The minimum atomic E-state index is 0.508. The highest BCUT2D eigenvalue weighted by molar-refractivity contribution is 5.44. The van der Waals surface area contributed by atoms with E-state index in [0.717, 1.165) is 12.2 Å². The molecule has 0 aliphatic rings. The molecule has 3 nitrogen and oxygen atoms in total. The van der Waals surface area contributed by atoms with Crippen LogP contribution in [-0.4, -0.2) is 15.8 Å². The van der Waals surface area contributed by atoms with E-state index in [1.54, 1.807) is 0 Å². The summed E-state index contributed by atoms with van der Waals surface area (Å²) in [4.78, 5) is 0. The minimum Gasteiger partial charge on any atom is -0.310 e. The van der Waals surface area contributed by atoms with Crippen molar-refractivity contribution in [3.63, 3.8) is 0 Å². The molecule has 3 heteroatoms. The number of rotatable bonds is 4. The van der Waals surface area contributed by atoms with Crippen LogP contribution in [-0.2, 0) is 6.54 Å². The van der Waals surface area contributed by atoms with Crippen LogP contribution in [0.25, 0.3) is 5.69 Å². The summed E-state index contributed by atoms with van der Waals surface area (Å²) in [6.07, 6.45) is 0. The molecule has 1 N–H and O–H groups in total. The largest absolute Gasteiger partial charge is 0.310 e. The zero-order valence-electron chi connectivity index (χ0n) is 13.4. The topological polar surface area (TPSA) is 29.9 Å². The van der Waals surface area contributed by atoms with Crippen LogP contribution in [0.4, 0.5) is 0 Å². The summed E-state index contributed by atoms with van der Waals surface area (Å²) >= 11 is 0. The Morgan fingerprint density at radius 3 is 2.35 bits per heavy atom. The molecule has 108 valence electrons. The summed E-state index contributed by atoms with van der Waals surface area (Å²) in [6.45, 7) is 13.7. The fourth-order valence-electron chi connectivity index (χ4n) is 2.34. The highest BCUT2D eigenvalue weighted by Crippen LogP contribution is 2.20. The summed E-state index contributed by atoms with van der Waals surface area (Å²) in [5, 5.41) is 8.10. The van der Waals surface area contributed by atoms with Crippen LogP contribution in [0.5, 0.6) is 0 Å². The summed E-state index contributed by atoms with van der Waals surface area (Å²) in [6, 6.07) is 7.11. The molecule has 0 bridgehead atoms. The third-order valence-electron chi connectivity index (χ3n) is 3.86. The third-order valence-corrected chi connectivity index (χ3v) is 3.86. The maximum absolute atomic E-state index is 4.65. The normalized spacial score (nSPS) is 11.3. The van der Waals surface area contributed by atoms with E-state index in [1.807, 2.05) is 0 Å². The monoisotopic (exact) mass is 271 g/mol. The number of hydrogen-bond donors (Lipinski definition) is 1. The molecular formula is C17H25N3. The Morgan fingerprint density at radius 2 is 1.85 bits per heavy atom. The van der Waals surface area contributed by atoms with E-state index in [4.69, 9.17) is 0 Å². The van der Waals surface area contributed by atoms with E-state index in [0.29, 0.717) is 6.04 Å². The molecule has 0 amide bonds. The van der Waals surface area contributed by atoms with Crippen LogP contribution in [0.3, 0.4) is 0 Å². The maximum Gasteiger partial charge on any atom is 0.0678 e. The van der Waals surface area contributed by atoms with Gasteiger partial charge in [0.1, 0.15) is 0 Å². The molecule has 0 aliphatic heterocycles. The molecule has 0 unspecified atom stereocenters. The lowest BCUT2D eigenvalue weighted by molar-refractivity contribution is 0.588. The van der Waals surface area contributed by atoms with Gasteiger partial charge in [0.2, 0.25) is 0 Å². The highest BCUT2D eigenvalue weighted by Gasteiger charge is 2.11. The van der Waals surface area contributed by atoms with Crippen molar-refractivity contribution in [3.8, 4) is 5.69 Å². The number of nitrogens with zero attached hydrogens (tertiary/aromatic N) is 2. The van der Waals surface area contributed by atoms with Crippen molar-refractivity contribution in [1.82, 2.24) is 15.1 Å². The van der Waals surface area contributed by atoms with Crippen molar-refractivity contribution in [2.75, 3.05) is 0 Å². The molecule has 1 heterocycles. The summed E-state index contributed by atoms with van der Waals surface area (Å²) in [5.74, 6) is 0. The predicted molar refractivity (Wildman–Crippen MR) is 84.5 cm³/mol. The second-order valence-electron chi connectivity index (χ2n) is 5.86. The first kappa shape index (κ1) is 14.8. The Morgan fingerprint density at radius 1 is 1.15 bits per heavy atom. The quantitative estimate of drug-likeness (QED) is 0.920. The summed E-state index contributed by atoms with van der Waals surface area (Å²) in [7, 11) is 0. The molecule has 1 aromatic heterocycles. The van der Waals surface area contributed by atoms with Crippen molar-refractivity contribution in [2.24, 2.45) is 0 Å². The highest BCUT2D eigenvalue weighted by atomic mass is 15.3. The molecular weight excluding hydrogens is 246 g/mol. The Bertz CT molecular complexity index is 609. The molecule has 0 aliphatic carbocycles. The van der Waals surface area contributed by atoms with E-state index in [1.165, 1.54) is 28.1 Å². The van der Waals surface area contributed by atoms with Gasteiger partial charge in [-0.2, -0.15) is 5.10 Å². The zero-order valence-corrected chi connectivity index (χ0v) is 13.4. The Kier molecular flexibility index (Phi) is 4.29. The number of benzene rings is 1. The molecule has 20 heavy (non-hydrogen) atoms. The average Bonchev–Trinajstić information content (AvgIpc) is 2.64. The average molecular weight is 271 g/mol. The molecule has 0 saturated heterocycles. The van der Waals surface area contributed by atoms with Crippen LogP contribution in [0, 0.1) is 27.7 Å². The minimum absolute atomic E-state index is 0.508. The van der Waals surface area contributed by atoms with Crippen LogP contribution >= 0.6 is 0 Å². The molecule has 0 atom stereocenters. The molecule has 1 aromatic carbocycles. The van der Waals surface area contributed by atoms with Gasteiger partial charge >= 0.3 is 0 Å². The van der Waals surface area contributed by atoms with Crippen LogP contribution in [0.1, 0.15) is 41.9 Å². The third kappa shape index (κ3) is 2.93. The fraction of sp³-hybridized carbons (Fsp3) is 0.471. The lowest BCUT2D eigenvalue weighted by Gasteiger charge is -2.12. The Hall–Kier alpha value is -1.61. The Balaban J connectivity index is 2.32. The van der Waals surface area contributed by atoms with Gasteiger partial charge in [0.25, 0.3) is 0 Å². The van der Waals surface area contributed by atoms with Gasteiger partial charge in [0.05, 0.1) is 11.4 Å². The second-order valence-corrected chi connectivity index (χ2v) is 5.86. The summed E-state index contributed by atoms with van der Waals surface area (Å²) in [5.41, 5.74) is 7.35. The van der Waals surface area contributed by atoms with Crippen molar-refractivity contribution in [1.29, 1.82) is 0 Å². The standard InChI is InChI=1S/C17H25N3/c1-11(2)18-10-16-7-8-17(12(3)9-16)20-15(6)13(4)14(5)19-20/h7-9,11,18H,10H2,1-6H3. The van der Waals surface area contributed by atoms with Gasteiger partial charge < -0.3 is 5.32 Å². The molecule has 0 fully saturated rings. The first-order valence-corrected chi connectivity index (χ1v) is 7.26. The number of nitrogens with one attached hydrogen (secondary N) is 1. The van der Waals surface area contributed by atoms with Gasteiger partial charge in [0, 0.05) is 18.3 Å². The molecule has 2 rings (SSSR count).